The molecule has 0 unspecified atom stereocenters. The van der Waals surface area contributed by atoms with Crippen LogP contribution in [0.1, 0.15) is 55.5 Å². The minimum absolute atomic E-state index is 0.161. The molecule has 58 heavy (non-hydrogen) atoms. The van der Waals surface area contributed by atoms with Gasteiger partial charge in [-0.1, -0.05) is 49.2 Å². The quantitative estimate of drug-likeness (QED) is 0.0568. The second-order valence-corrected chi connectivity index (χ2v) is 18.0. The summed E-state index contributed by atoms with van der Waals surface area (Å²) in [6, 6.07) is 24.9. The van der Waals surface area contributed by atoms with E-state index < -0.39 is 31.4 Å². The maximum absolute atomic E-state index is 13.9. The first-order valence-electron chi connectivity index (χ1n) is 19.5. The molecule has 0 spiro atoms. The van der Waals surface area contributed by atoms with Gasteiger partial charge in [0.15, 0.2) is 0 Å². The van der Waals surface area contributed by atoms with Gasteiger partial charge in [-0.2, -0.15) is 0 Å². The number of H-pyrrole nitrogens is 1. The number of sulfonamides is 1. The van der Waals surface area contributed by atoms with Crippen molar-refractivity contribution in [3.05, 3.63) is 123 Å². The number of hydrogen-bond donors (Lipinski definition) is 3. The van der Waals surface area contributed by atoms with E-state index in [0.29, 0.717) is 25.1 Å². The van der Waals surface area contributed by atoms with Gasteiger partial charge < -0.3 is 19.9 Å². The third-order valence-electron chi connectivity index (χ3n) is 11.2. The Morgan fingerprint density at radius 3 is 2.47 bits per heavy atom. The summed E-state index contributed by atoms with van der Waals surface area (Å²) in [5, 5.41) is 16.6. The largest absolute Gasteiger partial charge is 0.385 e. The minimum atomic E-state index is -4.50. The molecule has 7 rings (SSSR count). The fourth-order valence-corrected chi connectivity index (χ4v) is 9.05. The number of nitro groups is 1. The molecule has 1 aliphatic heterocycles. The van der Waals surface area contributed by atoms with E-state index >= 15 is 0 Å². The number of benzene rings is 4. The number of aromatic nitrogens is 1. The number of ether oxygens (including phenoxy) is 1. The van der Waals surface area contributed by atoms with Crippen molar-refractivity contribution in [2.45, 2.75) is 44.4 Å². The minimum Gasteiger partial charge on any atom is -0.385 e. The summed E-state index contributed by atoms with van der Waals surface area (Å²) in [5.74, 6) is -0.842. The van der Waals surface area contributed by atoms with Crippen molar-refractivity contribution in [3.63, 3.8) is 0 Å². The van der Waals surface area contributed by atoms with E-state index in [0.717, 1.165) is 85.2 Å². The molecular weight excluding hydrogens is 776 g/mol. The fourth-order valence-electron chi connectivity index (χ4n) is 7.94. The third-order valence-corrected chi connectivity index (χ3v) is 12.8. The van der Waals surface area contributed by atoms with Crippen molar-refractivity contribution in [1.82, 2.24) is 14.6 Å². The SMILES string of the molecule is COCCCNc1ccc(S(=O)(=O)NC(=O)c2ccc(N3CCN(CC4=C(c5ccc(Cl)cc5)CC(C)(C)CC4)CC3)cc2-c2ccc3[nH]ccc3c2)cc1[N+](=O)[O-]. The van der Waals surface area contributed by atoms with E-state index in [9.17, 15) is 23.3 Å². The van der Waals surface area contributed by atoms with Crippen molar-refractivity contribution in [3.8, 4) is 11.1 Å². The fraction of sp³-hybridized carbons (Fsp3) is 0.341. The van der Waals surface area contributed by atoms with Crippen LogP contribution in [0.5, 0.6) is 0 Å². The monoisotopic (exact) mass is 824 g/mol. The lowest BCUT2D eigenvalue weighted by Crippen LogP contribution is -2.47. The number of nitrogens with zero attached hydrogens (tertiary/aromatic N) is 3. The van der Waals surface area contributed by atoms with Gasteiger partial charge in [0, 0.05) is 87.0 Å². The number of allylic oxidation sites excluding steroid dienone is 1. The molecule has 304 valence electrons. The summed E-state index contributed by atoms with van der Waals surface area (Å²) in [6.45, 7) is 9.73. The van der Waals surface area contributed by atoms with Gasteiger partial charge in [-0.3, -0.25) is 19.8 Å². The molecular formula is C44H49ClN6O6S. The number of piperazine rings is 1. The molecule has 5 aromatic rings. The molecule has 4 aromatic carbocycles. The highest BCUT2D eigenvalue weighted by molar-refractivity contribution is 7.90. The Hall–Kier alpha value is -5.21. The zero-order valence-electron chi connectivity index (χ0n) is 33.0. The number of hydrogen-bond acceptors (Lipinski definition) is 9. The van der Waals surface area contributed by atoms with Crippen LogP contribution in [0, 0.1) is 15.5 Å². The number of amides is 1. The van der Waals surface area contributed by atoms with Crippen LogP contribution < -0.4 is 14.9 Å². The maximum atomic E-state index is 13.9. The van der Waals surface area contributed by atoms with Gasteiger partial charge in [0.25, 0.3) is 21.6 Å². The van der Waals surface area contributed by atoms with Gasteiger partial charge >= 0.3 is 0 Å². The van der Waals surface area contributed by atoms with Gasteiger partial charge in [0.2, 0.25) is 0 Å². The van der Waals surface area contributed by atoms with E-state index in [4.69, 9.17) is 16.3 Å². The molecule has 1 saturated heterocycles. The van der Waals surface area contributed by atoms with Crippen LogP contribution in [0.25, 0.3) is 27.6 Å². The number of carbonyl (C=O) groups excluding carboxylic acids is 1. The summed E-state index contributed by atoms with van der Waals surface area (Å²) < 4.78 is 34.4. The Labute approximate surface area is 344 Å². The van der Waals surface area contributed by atoms with Crippen molar-refractivity contribution < 1.29 is 22.9 Å². The van der Waals surface area contributed by atoms with Crippen LogP contribution in [-0.4, -0.2) is 82.1 Å². The van der Waals surface area contributed by atoms with E-state index in [2.05, 4.69) is 50.8 Å². The lowest BCUT2D eigenvalue weighted by molar-refractivity contribution is -0.384. The molecule has 1 amide bonds. The number of nitro benzene ring substituents is 1. The Bertz CT molecular complexity index is 2460. The van der Waals surface area contributed by atoms with Gasteiger partial charge in [-0.15, -0.1) is 0 Å². The molecule has 1 aliphatic carbocycles. The second kappa shape index (κ2) is 17.3. The summed E-state index contributed by atoms with van der Waals surface area (Å²) in [7, 11) is -2.93. The van der Waals surface area contributed by atoms with Crippen molar-refractivity contribution in [1.29, 1.82) is 0 Å². The van der Waals surface area contributed by atoms with Gasteiger partial charge in [0.05, 0.1) is 9.82 Å². The summed E-state index contributed by atoms with van der Waals surface area (Å²) >= 11 is 6.24. The molecule has 2 aliphatic rings. The van der Waals surface area contributed by atoms with Gasteiger partial charge in [-0.25, -0.2) is 13.1 Å². The summed E-state index contributed by atoms with van der Waals surface area (Å²) in [5.41, 5.74) is 7.48. The van der Waals surface area contributed by atoms with Gasteiger partial charge in [-0.05, 0) is 119 Å². The number of methoxy groups -OCH3 is 1. The van der Waals surface area contributed by atoms with Crippen LogP contribution in [0.2, 0.25) is 5.02 Å². The van der Waals surface area contributed by atoms with Crippen LogP contribution >= 0.6 is 11.6 Å². The first-order chi connectivity index (χ1) is 27.8. The lowest BCUT2D eigenvalue weighted by Gasteiger charge is -2.39. The van der Waals surface area contributed by atoms with E-state index in [1.807, 2.05) is 54.7 Å². The normalized spacial score (nSPS) is 16.1. The summed E-state index contributed by atoms with van der Waals surface area (Å²) in [4.78, 5) is 32.8. The lowest BCUT2D eigenvalue weighted by atomic mass is 9.72. The molecule has 2 heterocycles. The number of halogens is 1. The van der Waals surface area contributed by atoms with Crippen LogP contribution in [0.3, 0.4) is 0 Å². The average molecular weight is 825 g/mol. The molecule has 0 bridgehead atoms. The third kappa shape index (κ3) is 9.39. The molecule has 0 radical (unpaired) electrons. The number of anilines is 2. The highest BCUT2D eigenvalue weighted by Gasteiger charge is 2.30. The van der Waals surface area contributed by atoms with Crippen molar-refractivity contribution in [2.75, 3.05) is 63.2 Å². The predicted molar refractivity (Wildman–Crippen MR) is 231 cm³/mol. The number of nitrogens with one attached hydrogen (secondary N) is 3. The van der Waals surface area contributed by atoms with E-state index in [1.165, 1.54) is 28.8 Å². The van der Waals surface area contributed by atoms with Crippen molar-refractivity contribution in [2.24, 2.45) is 5.41 Å². The molecule has 12 nitrogen and oxygen atoms in total. The topological polar surface area (TPSA) is 150 Å². The standard InChI is InChI=1S/C44H49ClN6O6S/c1-44(2)17-15-33(39(28-44)30-5-8-34(45)9-6-30)29-49-20-22-50(23-21-49)35-10-12-37(38(26-35)31-7-13-40-32(25-31)16-19-47-40)43(52)48-58(55,56)36-11-14-41(42(27-36)51(53)54)46-18-4-24-57-3/h5-14,16,19,25-27,46-47H,4,15,17-18,20-24,28-29H2,1-3H3,(H,48,52). The van der Waals surface area contributed by atoms with Crippen LogP contribution in [0.15, 0.2) is 102 Å². The molecule has 1 aromatic heterocycles. The van der Waals surface area contributed by atoms with Crippen LogP contribution in [-0.2, 0) is 14.8 Å². The number of fused-ring (bicyclic) bond motifs is 1. The summed E-state index contributed by atoms with van der Waals surface area (Å²) in [6.07, 6.45) is 5.68. The zero-order chi connectivity index (χ0) is 41.0. The van der Waals surface area contributed by atoms with Crippen molar-refractivity contribution >= 4 is 61.1 Å². The second-order valence-electron chi connectivity index (χ2n) is 15.8. The maximum Gasteiger partial charge on any atom is 0.293 e. The highest BCUT2D eigenvalue weighted by Crippen LogP contribution is 2.43. The molecule has 0 atom stereocenters. The Balaban J connectivity index is 1.11. The van der Waals surface area contributed by atoms with Crippen LogP contribution in [0.4, 0.5) is 17.1 Å². The van der Waals surface area contributed by atoms with Gasteiger partial charge in [0.1, 0.15) is 5.69 Å². The predicted octanol–water partition coefficient (Wildman–Crippen LogP) is 8.75. The highest BCUT2D eigenvalue weighted by atomic mass is 35.5. The number of carbonyl (C=O) groups is 1. The average Bonchev–Trinajstić information content (AvgIpc) is 3.68. The first kappa shape index (κ1) is 41.0. The Morgan fingerprint density at radius 2 is 1.72 bits per heavy atom. The van der Waals surface area contributed by atoms with E-state index in [-0.39, 0.29) is 16.7 Å². The number of rotatable bonds is 14. The molecule has 0 saturated carbocycles. The smallest absolute Gasteiger partial charge is 0.293 e. The molecule has 14 heteroatoms. The number of aromatic amines is 1. The Morgan fingerprint density at radius 1 is 0.966 bits per heavy atom. The molecule has 3 N–H and O–H groups in total. The van der Waals surface area contributed by atoms with E-state index in [1.54, 1.807) is 13.2 Å². The Kier molecular flexibility index (Phi) is 12.2. The molecule has 1 fully saturated rings. The zero-order valence-corrected chi connectivity index (χ0v) is 34.6. The first-order valence-corrected chi connectivity index (χ1v) is 21.4.